The highest BCUT2D eigenvalue weighted by Gasteiger charge is 2.31. The van der Waals surface area contributed by atoms with Gasteiger partial charge in [-0.05, 0) is 24.6 Å². The van der Waals surface area contributed by atoms with Crippen molar-refractivity contribution in [2.24, 2.45) is 11.7 Å². The van der Waals surface area contributed by atoms with Gasteiger partial charge in [0.25, 0.3) is 5.69 Å². The van der Waals surface area contributed by atoms with Crippen molar-refractivity contribution in [3.63, 3.8) is 0 Å². The van der Waals surface area contributed by atoms with Gasteiger partial charge in [-0.2, -0.15) is 0 Å². The van der Waals surface area contributed by atoms with Crippen LogP contribution in [0.4, 0.5) is 11.4 Å². The fraction of sp³-hybridized carbons (Fsp3) is 0.267. The number of anilines is 1. The molecule has 1 fully saturated rings. The van der Waals surface area contributed by atoms with E-state index in [-0.39, 0.29) is 17.5 Å². The Hall–Kier alpha value is -2.47. The summed E-state index contributed by atoms with van der Waals surface area (Å²) in [6.45, 7) is 1.03. The fourth-order valence-electron chi connectivity index (χ4n) is 2.83. The van der Waals surface area contributed by atoms with Crippen molar-refractivity contribution in [3.05, 3.63) is 46.5 Å². The maximum atomic E-state index is 12.1. The van der Waals surface area contributed by atoms with Crippen molar-refractivity contribution in [3.8, 4) is 0 Å². The lowest BCUT2D eigenvalue weighted by atomic mass is 10.1. The lowest BCUT2D eigenvalue weighted by Crippen LogP contribution is -2.25. The first-order valence-corrected chi connectivity index (χ1v) is 6.78. The molecule has 1 heterocycles. The van der Waals surface area contributed by atoms with Crippen molar-refractivity contribution in [1.82, 2.24) is 0 Å². The van der Waals surface area contributed by atoms with E-state index in [2.05, 4.69) is 0 Å². The van der Waals surface area contributed by atoms with Crippen LogP contribution in [-0.2, 0) is 4.79 Å². The molecule has 0 aromatic heterocycles. The number of hydrogen-bond donors (Lipinski definition) is 1. The molecule has 6 nitrogen and oxygen atoms in total. The zero-order valence-electron chi connectivity index (χ0n) is 11.4. The second kappa shape index (κ2) is 5.14. The molecule has 21 heavy (non-hydrogen) atoms. The molecule has 2 aromatic carbocycles. The Morgan fingerprint density at radius 1 is 1.24 bits per heavy atom. The quantitative estimate of drug-likeness (QED) is 0.690. The van der Waals surface area contributed by atoms with Gasteiger partial charge in [-0.15, -0.1) is 0 Å². The van der Waals surface area contributed by atoms with Crippen LogP contribution in [0.3, 0.4) is 0 Å². The molecule has 0 spiro atoms. The van der Waals surface area contributed by atoms with Crippen LogP contribution in [0.25, 0.3) is 10.8 Å². The van der Waals surface area contributed by atoms with Crippen LogP contribution in [0.15, 0.2) is 36.4 Å². The molecule has 1 unspecified atom stereocenters. The Morgan fingerprint density at radius 3 is 2.57 bits per heavy atom. The van der Waals surface area contributed by atoms with Crippen LogP contribution < -0.4 is 10.6 Å². The summed E-state index contributed by atoms with van der Waals surface area (Å²) < 4.78 is 0. The van der Waals surface area contributed by atoms with Gasteiger partial charge in [0.05, 0.1) is 16.0 Å². The van der Waals surface area contributed by atoms with Crippen molar-refractivity contribution in [1.29, 1.82) is 0 Å². The largest absolute Gasteiger partial charge is 0.330 e. The van der Waals surface area contributed by atoms with Crippen molar-refractivity contribution < 1.29 is 9.72 Å². The van der Waals surface area contributed by atoms with E-state index >= 15 is 0 Å². The highest BCUT2D eigenvalue weighted by molar-refractivity contribution is 6.07. The average Bonchev–Trinajstić information content (AvgIpc) is 2.87. The van der Waals surface area contributed by atoms with Gasteiger partial charge >= 0.3 is 0 Å². The van der Waals surface area contributed by atoms with E-state index in [1.807, 2.05) is 6.07 Å². The number of nitrogens with two attached hydrogens (primary N) is 1. The fourth-order valence-corrected chi connectivity index (χ4v) is 2.83. The van der Waals surface area contributed by atoms with Crippen LogP contribution in [0.1, 0.15) is 6.42 Å². The molecule has 6 heteroatoms. The van der Waals surface area contributed by atoms with E-state index in [1.54, 1.807) is 29.2 Å². The molecule has 3 rings (SSSR count). The monoisotopic (exact) mass is 285 g/mol. The molecular weight excluding hydrogens is 270 g/mol. The first kappa shape index (κ1) is 13.5. The summed E-state index contributed by atoms with van der Waals surface area (Å²) in [5, 5.41) is 12.4. The number of carbonyl (C=O) groups excluding carboxylic acids is 1. The van der Waals surface area contributed by atoms with Gasteiger partial charge in [-0.1, -0.05) is 18.2 Å². The number of hydrogen-bond acceptors (Lipinski definition) is 4. The molecule has 1 saturated heterocycles. The van der Waals surface area contributed by atoms with Gasteiger partial charge in [-0.3, -0.25) is 14.9 Å². The van der Waals surface area contributed by atoms with Crippen LogP contribution in [0.2, 0.25) is 0 Å². The van der Waals surface area contributed by atoms with E-state index in [4.69, 9.17) is 5.73 Å². The second-order valence-corrected chi connectivity index (χ2v) is 5.22. The number of amides is 1. The zero-order chi connectivity index (χ0) is 15.0. The highest BCUT2D eigenvalue weighted by Crippen LogP contribution is 2.35. The third kappa shape index (κ3) is 2.23. The van der Waals surface area contributed by atoms with Crippen molar-refractivity contribution in [2.45, 2.75) is 6.42 Å². The Kier molecular flexibility index (Phi) is 3.31. The molecular formula is C15H15N3O3. The first-order chi connectivity index (χ1) is 10.1. The molecule has 1 aliphatic rings. The summed E-state index contributed by atoms with van der Waals surface area (Å²) in [5.41, 5.74) is 6.42. The van der Waals surface area contributed by atoms with Gasteiger partial charge in [0.15, 0.2) is 0 Å². The predicted molar refractivity (Wildman–Crippen MR) is 80.1 cm³/mol. The normalized spacial score (nSPS) is 18.4. The van der Waals surface area contributed by atoms with E-state index in [9.17, 15) is 14.9 Å². The van der Waals surface area contributed by atoms with Crippen LogP contribution >= 0.6 is 0 Å². The molecule has 1 amide bonds. The molecule has 108 valence electrons. The Morgan fingerprint density at radius 2 is 1.95 bits per heavy atom. The number of nitro groups is 1. The number of nitrogens with zero attached hydrogens (tertiary/aromatic N) is 2. The summed E-state index contributed by atoms with van der Waals surface area (Å²) >= 11 is 0. The van der Waals surface area contributed by atoms with Crippen LogP contribution in [0, 0.1) is 16.0 Å². The van der Waals surface area contributed by atoms with Gasteiger partial charge in [-0.25, -0.2) is 0 Å². The molecule has 0 aliphatic carbocycles. The van der Waals surface area contributed by atoms with Crippen molar-refractivity contribution in [2.75, 3.05) is 18.0 Å². The lowest BCUT2D eigenvalue weighted by molar-refractivity contribution is -0.383. The van der Waals surface area contributed by atoms with Gasteiger partial charge < -0.3 is 10.6 Å². The predicted octanol–water partition coefficient (Wildman–Crippen LogP) is 2.06. The van der Waals surface area contributed by atoms with Crippen molar-refractivity contribution >= 4 is 28.1 Å². The summed E-state index contributed by atoms with van der Waals surface area (Å²) in [6.07, 6.45) is 0.432. The Bertz CT molecular complexity index is 729. The minimum Gasteiger partial charge on any atom is -0.330 e. The lowest BCUT2D eigenvalue weighted by Gasteiger charge is -2.18. The maximum absolute atomic E-state index is 12.1. The third-order valence-electron chi connectivity index (χ3n) is 3.90. The maximum Gasteiger partial charge on any atom is 0.277 e. The van der Waals surface area contributed by atoms with E-state index in [0.29, 0.717) is 24.9 Å². The van der Waals surface area contributed by atoms with E-state index in [0.717, 1.165) is 11.1 Å². The molecule has 0 saturated carbocycles. The van der Waals surface area contributed by atoms with Gasteiger partial charge in [0.1, 0.15) is 0 Å². The topological polar surface area (TPSA) is 89.5 Å². The molecule has 1 aliphatic heterocycles. The molecule has 0 bridgehead atoms. The number of nitro benzene ring substituents is 1. The second-order valence-electron chi connectivity index (χ2n) is 5.22. The highest BCUT2D eigenvalue weighted by atomic mass is 16.6. The van der Waals surface area contributed by atoms with E-state index < -0.39 is 4.92 Å². The molecule has 0 radical (unpaired) electrons. The number of carbonyl (C=O) groups is 1. The summed E-state index contributed by atoms with van der Waals surface area (Å²) in [7, 11) is 0. The minimum atomic E-state index is -0.402. The van der Waals surface area contributed by atoms with Gasteiger partial charge in [0.2, 0.25) is 5.91 Å². The SMILES string of the molecule is NCC1CC(=O)N(c2ccc([N+](=O)[O-])c3ccccc23)C1. The molecule has 1 atom stereocenters. The number of non-ortho nitro benzene ring substituents is 1. The Labute approximate surface area is 121 Å². The number of rotatable bonds is 3. The standard InChI is InChI=1S/C15H15N3O3/c16-8-10-7-15(19)17(9-10)13-5-6-14(18(20)21)12-4-2-1-3-11(12)13/h1-6,10H,7-9,16H2. The van der Waals surface area contributed by atoms with Crippen LogP contribution in [-0.4, -0.2) is 23.9 Å². The van der Waals surface area contributed by atoms with Gasteiger partial charge in [0, 0.05) is 24.4 Å². The summed E-state index contributed by atoms with van der Waals surface area (Å²) in [5.74, 6) is 0.163. The first-order valence-electron chi connectivity index (χ1n) is 6.78. The number of fused-ring (bicyclic) bond motifs is 1. The molecule has 2 aromatic rings. The van der Waals surface area contributed by atoms with Crippen LogP contribution in [0.5, 0.6) is 0 Å². The zero-order valence-corrected chi connectivity index (χ0v) is 11.4. The summed E-state index contributed by atoms with van der Waals surface area (Å²) in [6, 6.07) is 10.2. The smallest absolute Gasteiger partial charge is 0.277 e. The third-order valence-corrected chi connectivity index (χ3v) is 3.90. The molecule has 2 N–H and O–H groups in total. The average molecular weight is 285 g/mol. The minimum absolute atomic E-state index is 0.0180. The summed E-state index contributed by atoms with van der Waals surface area (Å²) in [4.78, 5) is 24.5. The Balaban J connectivity index is 2.14. The number of benzene rings is 2. The van der Waals surface area contributed by atoms with E-state index in [1.165, 1.54) is 6.07 Å².